The van der Waals surface area contributed by atoms with Gasteiger partial charge in [-0.15, -0.1) is 0 Å². The highest BCUT2D eigenvalue weighted by Crippen LogP contribution is 2.18. The van der Waals surface area contributed by atoms with Crippen LogP contribution >= 0.6 is 15.9 Å². The first-order valence-corrected chi connectivity index (χ1v) is 7.04. The summed E-state index contributed by atoms with van der Waals surface area (Å²) in [7, 11) is 0. The number of nitrogen functional groups attached to an aromatic ring is 1. The van der Waals surface area contributed by atoms with Crippen molar-refractivity contribution in [2.75, 3.05) is 5.73 Å². The van der Waals surface area contributed by atoms with Crippen LogP contribution in [0.4, 0.5) is 5.69 Å². The molecule has 3 nitrogen and oxygen atoms in total. The molecule has 0 heterocycles. The molecule has 0 saturated heterocycles. The number of hydrogen-bond donors (Lipinski definition) is 1. The SMILES string of the molecule is Cc1cc(C)cc(COC(=O)c2cc(N)cc(Br)c2)c1. The highest BCUT2D eigenvalue weighted by molar-refractivity contribution is 9.10. The number of aryl methyl sites for hydroxylation is 2. The normalized spacial score (nSPS) is 10.3. The molecule has 0 aromatic heterocycles. The standard InChI is InChI=1S/C16H16BrNO2/c1-10-3-11(2)5-12(4-10)9-20-16(19)13-6-14(17)8-15(18)7-13/h3-8H,9,18H2,1-2H3. The number of anilines is 1. The molecule has 4 heteroatoms. The van der Waals surface area contributed by atoms with Gasteiger partial charge in [0.15, 0.2) is 0 Å². The van der Waals surface area contributed by atoms with Gasteiger partial charge in [-0.2, -0.15) is 0 Å². The Morgan fingerprint density at radius 1 is 1.10 bits per heavy atom. The summed E-state index contributed by atoms with van der Waals surface area (Å²) in [4.78, 5) is 12.0. The van der Waals surface area contributed by atoms with Crippen molar-refractivity contribution >= 4 is 27.6 Å². The van der Waals surface area contributed by atoms with Gasteiger partial charge >= 0.3 is 5.97 Å². The molecule has 2 rings (SSSR count). The molecule has 20 heavy (non-hydrogen) atoms. The van der Waals surface area contributed by atoms with E-state index in [-0.39, 0.29) is 12.6 Å². The molecule has 0 aliphatic heterocycles. The zero-order valence-electron chi connectivity index (χ0n) is 11.4. The summed E-state index contributed by atoms with van der Waals surface area (Å²) >= 11 is 3.31. The van der Waals surface area contributed by atoms with Crippen LogP contribution in [-0.4, -0.2) is 5.97 Å². The van der Waals surface area contributed by atoms with Gasteiger partial charge < -0.3 is 10.5 Å². The van der Waals surface area contributed by atoms with Crippen LogP contribution in [0.3, 0.4) is 0 Å². The summed E-state index contributed by atoms with van der Waals surface area (Å²) in [6.45, 7) is 4.30. The average molecular weight is 334 g/mol. The Bertz CT molecular complexity index is 612. The summed E-state index contributed by atoms with van der Waals surface area (Å²) < 4.78 is 6.08. The highest BCUT2D eigenvalue weighted by atomic mass is 79.9. The van der Waals surface area contributed by atoms with E-state index in [1.807, 2.05) is 26.0 Å². The first kappa shape index (κ1) is 14.6. The molecule has 104 valence electrons. The van der Waals surface area contributed by atoms with Crippen LogP contribution in [0.15, 0.2) is 40.9 Å². The van der Waals surface area contributed by atoms with Crippen LogP contribution in [0.25, 0.3) is 0 Å². The fourth-order valence-electron chi connectivity index (χ4n) is 2.11. The Balaban J connectivity index is 2.08. The van der Waals surface area contributed by atoms with Crippen molar-refractivity contribution in [1.82, 2.24) is 0 Å². The van der Waals surface area contributed by atoms with Crippen LogP contribution < -0.4 is 5.73 Å². The molecule has 0 saturated carbocycles. The molecular formula is C16H16BrNO2. The Kier molecular flexibility index (Phi) is 4.45. The summed E-state index contributed by atoms with van der Waals surface area (Å²) in [6.07, 6.45) is 0. The molecule has 2 aromatic carbocycles. The lowest BCUT2D eigenvalue weighted by Gasteiger charge is -2.08. The van der Waals surface area contributed by atoms with Crippen LogP contribution in [0.5, 0.6) is 0 Å². The predicted molar refractivity (Wildman–Crippen MR) is 83.6 cm³/mol. The zero-order chi connectivity index (χ0) is 14.7. The highest BCUT2D eigenvalue weighted by Gasteiger charge is 2.09. The van der Waals surface area contributed by atoms with E-state index in [4.69, 9.17) is 10.5 Å². The third-order valence-electron chi connectivity index (χ3n) is 2.81. The van der Waals surface area contributed by atoms with Crippen molar-refractivity contribution < 1.29 is 9.53 Å². The number of ether oxygens (including phenoxy) is 1. The minimum absolute atomic E-state index is 0.258. The lowest BCUT2D eigenvalue weighted by Crippen LogP contribution is -2.06. The van der Waals surface area contributed by atoms with Gasteiger partial charge in [-0.1, -0.05) is 45.3 Å². The lowest BCUT2D eigenvalue weighted by molar-refractivity contribution is 0.0472. The van der Waals surface area contributed by atoms with Crippen molar-refractivity contribution in [2.24, 2.45) is 0 Å². The molecule has 2 N–H and O–H groups in total. The molecule has 0 unspecified atom stereocenters. The van der Waals surface area contributed by atoms with E-state index in [1.165, 1.54) is 0 Å². The topological polar surface area (TPSA) is 52.3 Å². The van der Waals surface area contributed by atoms with Gasteiger partial charge in [-0.3, -0.25) is 0 Å². The zero-order valence-corrected chi connectivity index (χ0v) is 13.0. The van der Waals surface area contributed by atoms with Gasteiger partial charge in [0.2, 0.25) is 0 Å². The minimum atomic E-state index is -0.378. The van der Waals surface area contributed by atoms with Crippen LogP contribution in [0, 0.1) is 13.8 Å². The first-order valence-electron chi connectivity index (χ1n) is 6.24. The maximum Gasteiger partial charge on any atom is 0.338 e. The number of rotatable bonds is 3. The van der Waals surface area contributed by atoms with E-state index < -0.39 is 0 Å². The second kappa shape index (κ2) is 6.09. The molecule has 0 fully saturated rings. The molecule has 0 bridgehead atoms. The number of nitrogens with two attached hydrogens (primary N) is 1. The predicted octanol–water partition coefficient (Wildman–Crippen LogP) is 4.01. The van der Waals surface area contributed by atoms with Crippen LogP contribution in [-0.2, 0) is 11.3 Å². The molecule has 0 spiro atoms. The fraction of sp³-hybridized carbons (Fsp3) is 0.188. The van der Waals surface area contributed by atoms with Crippen molar-refractivity contribution in [2.45, 2.75) is 20.5 Å². The number of benzene rings is 2. The maximum absolute atomic E-state index is 12.0. The first-order chi connectivity index (χ1) is 9.44. The maximum atomic E-state index is 12.0. The molecule has 0 aliphatic rings. The molecule has 0 radical (unpaired) electrons. The number of hydrogen-bond acceptors (Lipinski definition) is 3. The Labute approximate surface area is 126 Å². The van der Waals surface area contributed by atoms with Gasteiger partial charge in [-0.25, -0.2) is 4.79 Å². The van der Waals surface area contributed by atoms with E-state index in [2.05, 4.69) is 22.0 Å². The van der Waals surface area contributed by atoms with E-state index in [9.17, 15) is 4.79 Å². The van der Waals surface area contributed by atoms with Gasteiger partial charge in [0.05, 0.1) is 5.56 Å². The van der Waals surface area contributed by atoms with Gasteiger partial charge in [-0.05, 0) is 37.6 Å². The third kappa shape index (κ3) is 3.84. The minimum Gasteiger partial charge on any atom is -0.457 e. The molecular weight excluding hydrogens is 318 g/mol. The Morgan fingerprint density at radius 3 is 2.35 bits per heavy atom. The second-order valence-electron chi connectivity index (χ2n) is 4.85. The average Bonchev–Trinajstić information content (AvgIpc) is 2.33. The summed E-state index contributed by atoms with van der Waals surface area (Å²) in [5.74, 6) is -0.378. The summed E-state index contributed by atoms with van der Waals surface area (Å²) in [5.41, 5.74) is 9.97. The largest absolute Gasteiger partial charge is 0.457 e. The number of carbonyl (C=O) groups is 1. The van der Waals surface area contributed by atoms with E-state index in [1.54, 1.807) is 18.2 Å². The Morgan fingerprint density at radius 2 is 1.75 bits per heavy atom. The monoisotopic (exact) mass is 333 g/mol. The number of halogens is 1. The number of carbonyl (C=O) groups excluding carboxylic acids is 1. The van der Waals surface area contributed by atoms with Gasteiger partial charge in [0.1, 0.15) is 6.61 Å². The molecule has 0 aliphatic carbocycles. The molecule has 0 atom stereocenters. The van der Waals surface area contributed by atoms with Crippen molar-refractivity contribution in [3.8, 4) is 0 Å². The van der Waals surface area contributed by atoms with Crippen LogP contribution in [0.2, 0.25) is 0 Å². The molecule has 0 amide bonds. The van der Waals surface area contributed by atoms with E-state index in [0.29, 0.717) is 11.3 Å². The van der Waals surface area contributed by atoms with Crippen molar-refractivity contribution in [3.63, 3.8) is 0 Å². The summed E-state index contributed by atoms with van der Waals surface area (Å²) in [6, 6.07) is 11.1. The van der Waals surface area contributed by atoms with Crippen LogP contribution in [0.1, 0.15) is 27.0 Å². The fourth-order valence-corrected chi connectivity index (χ4v) is 2.63. The number of esters is 1. The molecule has 2 aromatic rings. The summed E-state index contributed by atoms with van der Waals surface area (Å²) in [5, 5.41) is 0. The van der Waals surface area contributed by atoms with Crippen molar-refractivity contribution in [1.29, 1.82) is 0 Å². The van der Waals surface area contributed by atoms with E-state index >= 15 is 0 Å². The van der Waals surface area contributed by atoms with Gasteiger partial charge in [0.25, 0.3) is 0 Å². The Hall–Kier alpha value is -1.81. The quantitative estimate of drug-likeness (QED) is 0.682. The van der Waals surface area contributed by atoms with Crippen molar-refractivity contribution in [3.05, 3.63) is 63.1 Å². The smallest absolute Gasteiger partial charge is 0.338 e. The van der Waals surface area contributed by atoms with Gasteiger partial charge in [0, 0.05) is 10.2 Å². The van der Waals surface area contributed by atoms with E-state index in [0.717, 1.165) is 21.2 Å². The second-order valence-corrected chi connectivity index (χ2v) is 5.76. The lowest BCUT2D eigenvalue weighted by atomic mass is 10.1. The third-order valence-corrected chi connectivity index (χ3v) is 3.27.